The Labute approximate surface area is 88.4 Å². The molecule has 0 amide bonds. The highest BCUT2D eigenvalue weighted by molar-refractivity contribution is 9.10. The third-order valence-corrected chi connectivity index (χ3v) is 3.39. The van der Waals surface area contributed by atoms with E-state index in [1.54, 1.807) is 0 Å². The highest BCUT2D eigenvalue weighted by Gasteiger charge is 2.18. The van der Waals surface area contributed by atoms with E-state index < -0.39 is 0 Å². The molecular formula is C9H8Br2O. The molecular weight excluding hydrogens is 284 g/mol. The van der Waals surface area contributed by atoms with Crippen molar-refractivity contribution in [3.8, 4) is 5.75 Å². The highest BCUT2D eigenvalue weighted by atomic mass is 79.9. The van der Waals surface area contributed by atoms with Crippen molar-refractivity contribution in [2.75, 3.05) is 6.61 Å². The first kappa shape index (κ1) is 8.57. The highest BCUT2D eigenvalue weighted by Crippen LogP contribution is 2.38. The molecule has 0 N–H and O–H groups in total. The van der Waals surface area contributed by atoms with Crippen LogP contribution in [-0.4, -0.2) is 6.61 Å². The zero-order valence-electron chi connectivity index (χ0n) is 6.39. The first-order valence-corrected chi connectivity index (χ1v) is 5.54. The Kier molecular flexibility index (Phi) is 2.42. The summed E-state index contributed by atoms with van der Waals surface area (Å²) in [5.74, 6) is 0.998. The fourth-order valence-electron chi connectivity index (χ4n) is 1.32. The van der Waals surface area contributed by atoms with E-state index in [0.29, 0.717) is 4.83 Å². The van der Waals surface area contributed by atoms with Crippen LogP contribution >= 0.6 is 31.9 Å². The van der Waals surface area contributed by atoms with E-state index in [1.165, 1.54) is 5.56 Å². The Morgan fingerprint density at radius 2 is 2.25 bits per heavy atom. The van der Waals surface area contributed by atoms with Crippen molar-refractivity contribution >= 4 is 31.9 Å². The lowest BCUT2D eigenvalue weighted by molar-refractivity contribution is 0.287. The van der Waals surface area contributed by atoms with Gasteiger partial charge in [-0.2, -0.15) is 0 Å². The first-order chi connectivity index (χ1) is 5.77. The van der Waals surface area contributed by atoms with E-state index in [9.17, 15) is 0 Å². The fourth-order valence-corrected chi connectivity index (χ4v) is 2.23. The molecule has 1 heterocycles. The summed E-state index contributed by atoms with van der Waals surface area (Å²) in [5.41, 5.74) is 1.25. The largest absolute Gasteiger partial charge is 0.493 e. The molecule has 64 valence electrons. The van der Waals surface area contributed by atoms with Crippen molar-refractivity contribution in [1.29, 1.82) is 0 Å². The van der Waals surface area contributed by atoms with Crippen LogP contribution in [0.25, 0.3) is 0 Å². The number of benzene rings is 1. The second kappa shape index (κ2) is 3.38. The molecule has 1 nitrogen and oxygen atoms in total. The summed E-state index contributed by atoms with van der Waals surface area (Å²) in [6.07, 6.45) is 1.05. The van der Waals surface area contributed by atoms with Gasteiger partial charge in [0.05, 0.1) is 6.61 Å². The van der Waals surface area contributed by atoms with Crippen LogP contribution in [0.4, 0.5) is 0 Å². The second-order valence-electron chi connectivity index (χ2n) is 2.79. The molecule has 0 radical (unpaired) electrons. The van der Waals surface area contributed by atoms with Crippen molar-refractivity contribution in [2.24, 2.45) is 0 Å². The SMILES string of the molecule is Brc1ccc2c(c1)OCCC2Br. The van der Waals surface area contributed by atoms with Gasteiger partial charge < -0.3 is 4.74 Å². The van der Waals surface area contributed by atoms with Gasteiger partial charge >= 0.3 is 0 Å². The minimum atomic E-state index is 0.453. The smallest absolute Gasteiger partial charge is 0.124 e. The van der Waals surface area contributed by atoms with Gasteiger partial charge in [0.2, 0.25) is 0 Å². The van der Waals surface area contributed by atoms with E-state index in [-0.39, 0.29) is 0 Å². The average molecular weight is 292 g/mol. The third-order valence-electron chi connectivity index (χ3n) is 1.94. The second-order valence-corrected chi connectivity index (χ2v) is 4.81. The minimum Gasteiger partial charge on any atom is -0.493 e. The van der Waals surface area contributed by atoms with Crippen molar-refractivity contribution in [3.63, 3.8) is 0 Å². The molecule has 0 saturated carbocycles. The molecule has 0 spiro atoms. The van der Waals surface area contributed by atoms with Crippen molar-refractivity contribution in [1.82, 2.24) is 0 Å². The lowest BCUT2D eigenvalue weighted by atomic mass is 10.1. The van der Waals surface area contributed by atoms with Crippen LogP contribution in [0.5, 0.6) is 5.75 Å². The van der Waals surface area contributed by atoms with Crippen LogP contribution in [0.3, 0.4) is 0 Å². The molecule has 0 saturated heterocycles. The van der Waals surface area contributed by atoms with Gasteiger partial charge in [-0.1, -0.05) is 37.9 Å². The molecule has 1 aromatic rings. The lowest BCUT2D eigenvalue weighted by Gasteiger charge is -2.21. The van der Waals surface area contributed by atoms with E-state index in [0.717, 1.165) is 23.2 Å². The van der Waals surface area contributed by atoms with Gasteiger partial charge in [0, 0.05) is 14.9 Å². The van der Waals surface area contributed by atoms with Gasteiger partial charge in [-0.3, -0.25) is 0 Å². The Balaban J connectivity index is 2.46. The summed E-state index contributed by atoms with van der Waals surface area (Å²) in [6, 6.07) is 6.16. The summed E-state index contributed by atoms with van der Waals surface area (Å²) < 4.78 is 6.59. The predicted octanol–water partition coefficient (Wildman–Crippen LogP) is 3.67. The molecule has 0 aromatic heterocycles. The quantitative estimate of drug-likeness (QED) is 0.663. The minimum absolute atomic E-state index is 0.453. The topological polar surface area (TPSA) is 9.23 Å². The van der Waals surface area contributed by atoms with E-state index in [2.05, 4.69) is 37.9 Å². The van der Waals surface area contributed by atoms with E-state index >= 15 is 0 Å². The number of hydrogen-bond acceptors (Lipinski definition) is 1. The molecule has 1 aliphatic heterocycles. The molecule has 1 aliphatic rings. The number of rotatable bonds is 0. The summed E-state index contributed by atoms with van der Waals surface area (Å²) >= 11 is 7.03. The van der Waals surface area contributed by atoms with Crippen molar-refractivity contribution in [2.45, 2.75) is 11.2 Å². The monoisotopic (exact) mass is 290 g/mol. The summed E-state index contributed by atoms with van der Waals surface area (Å²) in [5, 5.41) is 0. The maximum Gasteiger partial charge on any atom is 0.124 e. The van der Waals surface area contributed by atoms with Crippen LogP contribution in [-0.2, 0) is 0 Å². The Morgan fingerprint density at radius 3 is 3.08 bits per heavy atom. The van der Waals surface area contributed by atoms with Crippen LogP contribution < -0.4 is 4.74 Å². The van der Waals surface area contributed by atoms with Crippen LogP contribution in [0.15, 0.2) is 22.7 Å². The van der Waals surface area contributed by atoms with Gasteiger partial charge in [0.1, 0.15) is 5.75 Å². The fraction of sp³-hybridized carbons (Fsp3) is 0.333. The molecule has 0 fully saturated rings. The van der Waals surface area contributed by atoms with Crippen LogP contribution in [0.2, 0.25) is 0 Å². The zero-order valence-corrected chi connectivity index (χ0v) is 9.56. The molecule has 0 aliphatic carbocycles. The van der Waals surface area contributed by atoms with Crippen LogP contribution in [0, 0.1) is 0 Å². The van der Waals surface area contributed by atoms with E-state index in [1.807, 2.05) is 12.1 Å². The number of alkyl halides is 1. The predicted molar refractivity (Wildman–Crippen MR) is 55.9 cm³/mol. The Bertz CT molecular complexity index is 299. The van der Waals surface area contributed by atoms with Crippen LogP contribution in [0.1, 0.15) is 16.8 Å². The molecule has 12 heavy (non-hydrogen) atoms. The van der Waals surface area contributed by atoms with Gasteiger partial charge in [0.15, 0.2) is 0 Å². The van der Waals surface area contributed by atoms with Gasteiger partial charge in [-0.05, 0) is 18.6 Å². The molecule has 1 aromatic carbocycles. The first-order valence-electron chi connectivity index (χ1n) is 3.83. The number of halogens is 2. The molecule has 3 heteroatoms. The van der Waals surface area contributed by atoms with E-state index in [4.69, 9.17) is 4.74 Å². The summed E-state index contributed by atoms with van der Waals surface area (Å²) in [4.78, 5) is 0.453. The molecule has 1 atom stereocenters. The van der Waals surface area contributed by atoms with Crippen molar-refractivity contribution < 1.29 is 4.74 Å². The maximum absolute atomic E-state index is 5.51. The normalized spacial score (nSPS) is 21.3. The lowest BCUT2D eigenvalue weighted by Crippen LogP contribution is -2.09. The third kappa shape index (κ3) is 1.52. The Hall–Kier alpha value is -0.0200. The number of fused-ring (bicyclic) bond motifs is 1. The molecule has 2 rings (SSSR count). The number of hydrogen-bond donors (Lipinski definition) is 0. The average Bonchev–Trinajstić information content (AvgIpc) is 2.04. The summed E-state index contributed by atoms with van der Waals surface area (Å²) in [6.45, 7) is 0.805. The number of ether oxygens (including phenoxy) is 1. The Morgan fingerprint density at radius 1 is 1.42 bits per heavy atom. The van der Waals surface area contributed by atoms with Crippen molar-refractivity contribution in [3.05, 3.63) is 28.2 Å². The zero-order chi connectivity index (χ0) is 8.55. The maximum atomic E-state index is 5.51. The molecule has 0 bridgehead atoms. The van der Waals surface area contributed by atoms with Gasteiger partial charge in [0.25, 0.3) is 0 Å². The standard InChI is InChI=1S/C9H8Br2O/c10-6-1-2-7-8(11)3-4-12-9(7)5-6/h1-2,5,8H,3-4H2. The van der Waals surface area contributed by atoms with Gasteiger partial charge in [-0.25, -0.2) is 0 Å². The van der Waals surface area contributed by atoms with Gasteiger partial charge in [-0.15, -0.1) is 0 Å². The molecule has 1 unspecified atom stereocenters. The summed E-state index contributed by atoms with van der Waals surface area (Å²) in [7, 11) is 0.